The molecule has 9 heteroatoms. The molecule has 154 valence electrons. The minimum absolute atomic E-state index is 0.0409. The number of thiazole rings is 1. The maximum atomic E-state index is 12.4. The second-order valence-electron chi connectivity index (χ2n) is 6.29. The van der Waals surface area contributed by atoms with Crippen molar-refractivity contribution < 1.29 is 19.1 Å². The molecule has 1 heterocycles. The molecule has 3 amide bonds. The van der Waals surface area contributed by atoms with Crippen molar-refractivity contribution in [3.63, 3.8) is 0 Å². The molecule has 3 N–H and O–H groups in total. The highest BCUT2D eigenvalue weighted by atomic mass is 32.1. The molecule has 2 aromatic carbocycles. The van der Waals surface area contributed by atoms with Gasteiger partial charge in [0, 0.05) is 23.6 Å². The summed E-state index contributed by atoms with van der Waals surface area (Å²) in [6.07, 6.45) is 0.0409. The molecule has 0 saturated carbocycles. The molecule has 0 aliphatic rings. The van der Waals surface area contributed by atoms with Crippen molar-refractivity contribution in [2.45, 2.75) is 13.3 Å². The van der Waals surface area contributed by atoms with Gasteiger partial charge in [0.25, 0.3) is 5.91 Å². The van der Waals surface area contributed by atoms with Crippen LogP contribution in [0.2, 0.25) is 0 Å². The van der Waals surface area contributed by atoms with E-state index in [-0.39, 0.29) is 24.1 Å². The van der Waals surface area contributed by atoms with E-state index in [1.807, 2.05) is 6.07 Å². The summed E-state index contributed by atoms with van der Waals surface area (Å²) in [5.74, 6) is -0.296. The molecule has 0 aliphatic heterocycles. The minimum atomic E-state index is -0.278. The Balaban J connectivity index is 1.60. The van der Waals surface area contributed by atoms with Crippen LogP contribution in [0, 0.1) is 0 Å². The summed E-state index contributed by atoms with van der Waals surface area (Å²) in [5, 5.41) is 10.3. The monoisotopic (exact) mass is 424 g/mol. The lowest BCUT2D eigenvalue weighted by atomic mass is 10.2. The Kier molecular flexibility index (Phi) is 6.76. The Morgan fingerprint density at radius 3 is 2.50 bits per heavy atom. The van der Waals surface area contributed by atoms with Crippen LogP contribution in [0.5, 0.6) is 5.75 Å². The van der Waals surface area contributed by atoms with Crippen molar-refractivity contribution in [3.05, 3.63) is 65.2 Å². The number of hydrogen-bond donors (Lipinski definition) is 3. The fourth-order valence-electron chi connectivity index (χ4n) is 2.65. The van der Waals surface area contributed by atoms with Gasteiger partial charge in [-0.1, -0.05) is 18.2 Å². The van der Waals surface area contributed by atoms with Gasteiger partial charge < -0.3 is 15.4 Å². The highest BCUT2D eigenvalue weighted by molar-refractivity contribution is 7.14. The van der Waals surface area contributed by atoms with Crippen molar-refractivity contribution in [1.29, 1.82) is 0 Å². The van der Waals surface area contributed by atoms with Crippen LogP contribution in [0.15, 0.2) is 53.9 Å². The third-order valence-corrected chi connectivity index (χ3v) is 4.75. The number of carbonyl (C=O) groups excluding carboxylic acids is 3. The van der Waals surface area contributed by atoms with Crippen LogP contribution < -0.4 is 20.7 Å². The molecule has 0 radical (unpaired) electrons. The summed E-state index contributed by atoms with van der Waals surface area (Å²) in [4.78, 5) is 40.2. The topological polar surface area (TPSA) is 109 Å². The van der Waals surface area contributed by atoms with Gasteiger partial charge in [0.15, 0.2) is 5.13 Å². The van der Waals surface area contributed by atoms with Crippen molar-refractivity contribution in [1.82, 2.24) is 4.98 Å². The van der Waals surface area contributed by atoms with Crippen molar-refractivity contribution in [3.8, 4) is 5.75 Å². The van der Waals surface area contributed by atoms with Crippen molar-refractivity contribution >= 4 is 45.6 Å². The maximum Gasteiger partial charge on any atom is 0.257 e. The first-order valence-electron chi connectivity index (χ1n) is 9.01. The predicted octanol–water partition coefficient (Wildman–Crippen LogP) is 3.54. The van der Waals surface area contributed by atoms with E-state index < -0.39 is 0 Å². The van der Waals surface area contributed by atoms with Crippen molar-refractivity contribution in [2.24, 2.45) is 0 Å². The SMILES string of the molecule is COc1ccc(NC(=O)Cc2csc(NC(=O)c3ccccc3)n2)cc1NC(C)=O. The van der Waals surface area contributed by atoms with Gasteiger partial charge >= 0.3 is 0 Å². The van der Waals surface area contributed by atoms with E-state index >= 15 is 0 Å². The Morgan fingerprint density at radius 2 is 1.80 bits per heavy atom. The molecule has 30 heavy (non-hydrogen) atoms. The van der Waals surface area contributed by atoms with E-state index in [9.17, 15) is 14.4 Å². The molecule has 3 rings (SSSR count). The first-order valence-corrected chi connectivity index (χ1v) is 9.89. The number of amides is 3. The number of methoxy groups -OCH3 is 1. The van der Waals surface area contributed by atoms with Gasteiger partial charge in [0.1, 0.15) is 5.75 Å². The Labute approximate surface area is 177 Å². The lowest BCUT2D eigenvalue weighted by molar-refractivity contribution is -0.116. The largest absolute Gasteiger partial charge is 0.495 e. The number of anilines is 3. The number of nitrogens with zero attached hydrogens (tertiary/aromatic N) is 1. The van der Waals surface area contributed by atoms with Gasteiger partial charge in [-0.15, -0.1) is 11.3 Å². The van der Waals surface area contributed by atoms with Crippen LogP contribution >= 0.6 is 11.3 Å². The number of carbonyl (C=O) groups is 3. The lowest BCUT2D eigenvalue weighted by Gasteiger charge is -2.11. The number of hydrogen-bond acceptors (Lipinski definition) is 6. The van der Waals surface area contributed by atoms with E-state index in [1.54, 1.807) is 47.8 Å². The van der Waals surface area contributed by atoms with Crippen LogP contribution in [0.1, 0.15) is 23.0 Å². The second-order valence-corrected chi connectivity index (χ2v) is 7.14. The zero-order chi connectivity index (χ0) is 21.5. The first kappa shape index (κ1) is 21.0. The highest BCUT2D eigenvalue weighted by Gasteiger charge is 2.12. The van der Waals surface area contributed by atoms with Gasteiger partial charge in [-0.25, -0.2) is 4.98 Å². The van der Waals surface area contributed by atoms with Crippen LogP contribution in [-0.2, 0) is 16.0 Å². The van der Waals surface area contributed by atoms with Crippen LogP contribution in [0.3, 0.4) is 0 Å². The molecule has 0 aliphatic carbocycles. The van der Waals surface area contributed by atoms with E-state index in [1.165, 1.54) is 25.4 Å². The van der Waals surface area contributed by atoms with E-state index in [0.717, 1.165) is 0 Å². The van der Waals surface area contributed by atoms with Gasteiger partial charge in [0.05, 0.1) is 24.9 Å². The molecule has 0 bridgehead atoms. The summed E-state index contributed by atoms with van der Waals surface area (Å²) in [6, 6.07) is 13.8. The molecule has 0 spiro atoms. The number of nitrogens with one attached hydrogen (secondary N) is 3. The average Bonchev–Trinajstić information content (AvgIpc) is 3.15. The molecule has 0 saturated heterocycles. The molecule has 8 nitrogen and oxygen atoms in total. The van der Waals surface area contributed by atoms with Gasteiger partial charge in [0.2, 0.25) is 11.8 Å². The standard InChI is InChI=1S/C21H20N4O4S/c1-13(26)22-17-10-15(8-9-18(17)29-2)23-19(27)11-16-12-30-21(24-16)25-20(28)14-6-4-3-5-7-14/h3-10,12H,11H2,1-2H3,(H,22,26)(H,23,27)(H,24,25,28). The van der Waals surface area contributed by atoms with E-state index in [0.29, 0.717) is 33.5 Å². The van der Waals surface area contributed by atoms with Crippen LogP contribution in [0.25, 0.3) is 0 Å². The molecule has 3 aromatic rings. The number of benzene rings is 2. The lowest BCUT2D eigenvalue weighted by Crippen LogP contribution is -2.15. The summed E-state index contributed by atoms with van der Waals surface area (Å²) in [5.41, 5.74) is 2.04. The summed E-state index contributed by atoms with van der Waals surface area (Å²) in [6.45, 7) is 1.39. The van der Waals surface area contributed by atoms with Crippen LogP contribution in [-0.4, -0.2) is 29.8 Å². The number of aromatic nitrogens is 1. The fourth-order valence-corrected chi connectivity index (χ4v) is 3.35. The van der Waals surface area contributed by atoms with Gasteiger partial charge in [-0.2, -0.15) is 0 Å². The number of ether oxygens (including phenoxy) is 1. The second kappa shape index (κ2) is 9.66. The maximum absolute atomic E-state index is 12.4. The molecular weight excluding hydrogens is 404 g/mol. The predicted molar refractivity (Wildman–Crippen MR) is 116 cm³/mol. The summed E-state index contributed by atoms with van der Waals surface area (Å²) >= 11 is 1.25. The smallest absolute Gasteiger partial charge is 0.257 e. The van der Waals surface area contributed by atoms with E-state index in [4.69, 9.17) is 4.74 Å². The highest BCUT2D eigenvalue weighted by Crippen LogP contribution is 2.28. The fraction of sp³-hybridized carbons (Fsp3) is 0.143. The number of rotatable bonds is 7. The summed E-state index contributed by atoms with van der Waals surface area (Å²) < 4.78 is 5.20. The quantitative estimate of drug-likeness (QED) is 0.537. The van der Waals surface area contributed by atoms with Crippen molar-refractivity contribution in [2.75, 3.05) is 23.1 Å². The normalized spacial score (nSPS) is 10.2. The Hall–Kier alpha value is -3.72. The van der Waals surface area contributed by atoms with Crippen LogP contribution in [0.4, 0.5) is 16.5 Å². The Bertz CT molecular complexity index is 1070. The zero-order valence-electron chi connectivity index (χ0n) is 16.4. The zero-order valence-corrected chi connectivity index (χ0v) is 17.2. The first-order chi connectivity index (χ1) is 14.4. The molecule has 0 atom stereocenters. The van der Waals surface area contributed by atoms with Gasteiger partial charge in [-0.3, -0.25) is 19.7 Å². The molecule has 0 unspecified atom stereocenters. The minimum Gasteiger partial charge on any atom is -0.495 e. The average molecular weight is 424 g/mol. The molecular formula is C21H20N4O4S. The third kappa shape index (κ3) is 5.65. The molecule has 1 aromatic heterocycles. The van der Waals surface area contributed by atoms with Gasteiger partial charge in [-0.05, 0) is 30.3 Å². The van der Waals surface area contributed by atoms with E-state index in [2.05, 4.69) is 20.9 Å². The third-order valence-electron chi connectivity index (χ3n) is 3.94. The summed E-state index contributed by atoms with van der Waals surface area (Å²) in [7, 11) is 1.50. The molecule has 0 fully saturated rings. The Morgan fingerprint density at radius 1 is 1.03 bits per heavy atom.